The summed E-state index contributed by atoms with van der Waals surface area (Å²) in [6.07, 6.45) is -12.6. The summed E-state index contributed by atoms with van der Waals surface area (Å²) in [5.41, 5.74) is -7.60. The number of alkyl halides is 7. The third-order valence-corrected chi connectivity index (χ3v) is 3.63. The second-order valence-electron chi connectivity index (χ2n) is 3.79. The van der Waals surface area contributed by atoms with Crippen LogP contribution in [-0.2, 0) is 5.67 Å². The molecule has 0 aliphatic rings. The van der Waals surface area contributed by atoms with Gasteiger partial charge >= 0.3 is 18.0 Å². The number of ether oxygens (including phenoxy) is 2. The first kappa shape index (κ1) is 19.3. The molecule has 3 nitrogen and oxygen atoms in total. The van der Waals surface area contributed by atoms with E-state index < -0.39 is 44.3 Å². The van der Waals surface area contributed by atoms with Crippen molar-refractivity contribution in [2.24, 2.45) is 0 Å². The van der Waals surface area contributed by atoms with Crippen molar-refractivity contribution in [2.45, 2.75) is 18.0 Å². The third kappa shape index (κ3) is 2.86. The van der Waals surface area contributed by atoms with E-state index in [1.54, 1.807) is 0 Å². The van der Waals surface area contributed by atoms with Crippen LogP contribution in [-0.4, -0.2) is 31.6 Å². The Hall–Kier alpha value is -0.780. The summed E-state index contributed by atoms with van der Waals surface area (Å²) in [7, 11) is 1.54. The number of hydrogen-bond donors (Lipinski definition) is 0. The highest BCUT2D eigenvalue weighted by Crippen LogP contribution is 2.59. The molecule has 1 aromatic heterocycles. The minimum absolute atomic E-state index is 0.562. The van der Waals surface area contributed by atoms with E-state index >= 15 is 0 Å². The Bertz CT molecular complexity index is 532. The van der Waals surface area contributed by atoms with Crippen molar-refractivity contribution in [2.75, 3.05) is 14.2 Å². The van der Waals surface area contributed by atoms with Crippen LogP contribution in [0.2, 0.25) is 0 Å². The first-order chi connectivity index (χ1) is 9.82. The predicted molar refractivity (Wildman–Crippen MR) is 67.6 cm³/mol. The average Bonchev–Trinajstić information content (AvgIpc) is 2.34. The number of nitrogens with zero attached hydrogens (tertiary/aromatic N) is 1. The van der Waals surface area contributed by atoms with Crippen molar-refractivity contribution < 1.29 is 40.2 Å². The van der Waals surface area contributed by atoms with Crippen LogP contribution >= 0.6 is 31.9 Å². The summed E-state index contributed by atoms with van der Waals surface area (Å²) in [4.78, 5) is 3.54. The summed E-state index contributed by atoms with van der Waals surface area (Å²) < 4.78 is 99.7. The molecule has 1 rings (SSSR count). The van der Waals surface area contributed by atoms with Crippen molar-refractivity contribution in [1.29, 1.82) is 0 Å². The Morgan fingerprint density at radius 1 is 0.773 bits per heavy atom. The molecule has 12 heteroatoms. The monoisotopic (exact) mass is 463 g/mol. The van der Waals surface area contributed by atoms with Crippen LogP contribution in [0.15, 0.2) is 9.21 Å². The lowest BCUT2D eigenvalue weighted by Gasteiger charge is -2.32. The summed E-state index contributed by atoms with van der Waals surface area (Å²) in [5, 5.41) is 0. The first-order valence-corrected chi connectivity index (χ1v) is 6.71. The molecular formula is C10H6Br2F7NO2. The summed E-state index contributed by atoms with van der Waals surface area (Å²) in [6, 6.07) is 0. The fraction of sp³-hybridized carbons (Fsp3) is 0.500. The van der Waals surface area contributed by atoms with E-state index in [1.165, 1.54) is 0 Å². The molecule has 0 spiro atoms. The molecule has 0 fully saturated rings. The molecule has 1 heterocycles. The maximum atomic E-state index is 14.3. The van der Waals surface area contributed by atoms with Crippen LogP contribution in [0, 0.1) is 0 Å². The number of methoxy groups -OCH3 is 2. The molecule has 0 radical (unpaired) electrons. The summed E-state index contributed by atoms with van der Waals surface area (Å²) in [5.74, 6) is -2.17. The molecule has 126 valence electrons. The van der Waals surface area contributed by atoms with Gasteiger partial charge in [0.1, 0.15) is 9.21 Å². The Kier molecular flexibility index (Phi) is 5.27. The molecule has 0 unspecified atom stereocenters. The Morgan fingerprint density at radius 3 is 1.32 bits per heavy atom. The van der Waals surface area contributed by atoms with E-state index in [4.69, 9.17) is 0 Å². The van der Waals surface area contributed by atoms with Gasteiger partial charge in [-0.05, 0) is 31.9 Å². The second kappa shape index (κ2) is 6.02. The minimum Gasteiger partial charge on any atom is -0.493 e. The van der Waals surface area contributed by atoms with Gasteiger partial charge in [-0.2, -0.15) is 26.3 Å². The molecule has 1 aromatic rings. The molecule has 0 amide bonds. The van der Waals surface area contributed by atoms with Crippen LogP contribution in [0.1, 0.15) is 5.56 Å². The van der Waals surface area contributed by atoms with Gasteiger partial charge in [-0.1, -0.05) is 0 Å². The SMILES string of the molecule is COc1c(Br)nc(Br)c(OC)c1C(F)(C(F)(F)F)C(F)(F)F. The number of pyridine rings is 1. The lowest BCUT2D eigenvalue weighted by atomic mass is 9.93. The number of aromatic nitrogens is 1. The highest BCUT2D eigenvalue weighted by molar-refractivity contribution is 9.11. The Labute approximate surface area is 136 Å². The zero-order valence-corrected chi connectivity index (χ0v) is 13.8. The molecule has 0 saturated carbocycles. The fourth-order valence-electron chi connectivity index (χ4n) is 1.63. The molecule has 0 aliphatic heterocycles. The van der Waals surface area contributed by atoms with E-state index in [-0.39, 0.29) is 0 Å². The van der Waals surface area contributed by atoms with Gasteiger partial charge in [0, 0.05) is 0 Å². The van der Waals surface area contributed by atoms with E-state index in [1.807, 2.05) is 0 Å². The van der Waals surface area contributed by atoms with Crippen LogP contribution in [0.4, 0.5) is 30.7 Å². The quantitative estimate of drug-likeness (QED) is 0.470. The zero-order chi connectivity index (χ0) is 17.5. The number of halogens is 9. The van der Waals surface area contributed by atoms with E-state index in [9.17, 15) is 30.7 Å². The van der Waals surface area contributed by atoms with Crippen LogP contribution in [0.5, 0.6) is 11.5 Å². The second-order valence-corrected chi connectivity index (χ2v) is 5.29. The molecule has 0 atom stereocenters. The fourth-order valence-corrected chi connectivity index (χ4v) is 2.94. The van der Waals surface area contributed by atoms with Crippen molar-refractivity contribution >= 4 is 31.9 Å². The van der Waals surface area contributed by atoms with Gasteiger partial charge < -0.3 is 9.47 Å². The van der Waals surface area contributed by atoms with Crippen molar-refractivity contribution in [3.63, 3.8) is 0 Å². The highest BCUT2D eigenvalue weighted by Gasteiger charge is 2.75. The molecule has 0 N–H and O–H groups in total. The molecule has 0 aliphatic carbocycles. The number of hydrogen-bond acceptors (Lipinski definition) is 3. The number of rotatable bonds is 3. The summed E-state index contributed by atoms with van der Waals surface area (Å²) in [6.45, 7) is 0. The maximum Gasteiger partial charge on any atom is 0.436 e. The maximum absolute atomic E-state index is 14.3. The lowest BCUT2D eigenvalue weighted by molar-refractivity contribution is -0.349. The van der Waals surface area contributed by atoms with Crippen LogP contribution in [0.3, 0.4) is 0 Å². The standard InChI is InChI=1S/C10H6Br2F7NO2/c1-21-4-3(5(22-2)7(12)20-6(4)11)8(13,9(14,15)16)10(17,18)19/h1-2H3. The summed E-state index contributed by atoms with van der Waals surface area (Å²) >= 11 is 5.25. The van der Waals surface area contributed by atoms with Gasteiger partial charge in [-0.3, -0.25) is 0 Å². The van der Waals surface area contributed by atoms with Crippen LogP contribution in [0.25, 0.3) is 0 Å². The van der Waals surface area contributed by atoms with Gasteiger partial charge in [0.05, 0.1) is 19.8 Å². The van der Waals surface area contributed by atoms with E-state index in [0.29, 0.717) is 0 Å². The largest absolute Gasteiger partial charge is 0.493 e. The average molecular weight is 465 g/mol. The van der Waals surface area contributed by atoms with Crippen LogP contribution < -0.4 is 9.47 Å². The topological polar surface area (TPSA) is 31.4 Å². The first-order valence-electron chi connectivity index (χ1n) is 5.12. The molecule has 22 heavy (non-hydrogen) atoms. The van der Waals surface area contributed by atoms with Gasteiger partial charge in [0.2, 0.25) is 0 Å². The predicted octanol–water partition coefficient (Wildman–Crippen LogP) is 4.91. The van der Waals surface area contributed by atoms with Gasteiger partial charge in [0.25, 0.3) is 0 Å². The normalized spacial score (nSPS) is 13.2. The van der Waals surface area contributed by atoms with Crippen molar-refractivity contribution in [3.8, 4) is 11.5 Å². The van der Waals surface area contributed by atoms with E-state index in [0.717, 1.165) is 14.2 Å². The molecular weight excluding hydrogens is 459 g/mol. The third-order valence-electron chi connectivity index (χ3n) is 2.56. The Morgan fingerprint density at radius 2 is 1.09 bits per heavy atom. The minimum atomic E-state index is -6.31. The van der Waals surface area contributed by atoms with E-state index in [2.05, 4.69) is 46.3 Å². The Balaban J connectivity index is 4.00. The van der Waals surface area contributed by atoms with Gasteiger partial charge in [0.15, 0.2) is 11.5 Å². The molecule has 0 aromatic carbocycles. The molecule has 0 saturated heterocycles. The van der Waals surface area contributed by atoms with Crippen molar-refractivity contribution in [1.82, 2.24) is 4.98 Å². The zero-order valence-electron chi connectivity index (χ0n) is 10.7. The van der Waals surface area contributed by atoms with Crippen molar-refractivity contribution in [3.05, 3.63) is 14.8 Å². The molecule has 0 bridgehead atoms. The van der Waals surface area contributed by atoms with Gasteiger partial charge in [-0.25, -0.2) is 9.37 Å². The lowest BCUT2D eigenvalue weighted by Crippen LogP contribution is -2.50. The smallest absolute Gasteiger partial charge is 0.436 e. The highest BCUT2D eigenvalue weighted by atomic mass is 79.9. The van der Waals surface area contributed by atoms with Gasteiger partial charge in [-0.15, -0.1) is 0 Å².